The summed E-state index contributed by atoms with van der Waals surface area (Å²) in [6.45, 7) is 7.67. The van der Waals surface area contributed by atoms with Crippen LogP contribution in [0.25, 0.3) is 0 Å². The number of benzene rings is 1. The minimum Gasteiger partial charge on any atom is -0.313 e. The Hall–Kier alpha value is -1.16. The third-order valence-corrected chi connectivity index (χ3v) is 4.83. The van der Waals surface area contributed by atoms with Crippen molar-refractivity contribution in [3.05, 3.63) is 57.8 Å². The number of rotatable bonds is 8. The summed E-state index contributed by atoms with van der Waals surface area (Å²) in [5.74, 6) is 0. The van der Waals surface area contributed by atoms with Crippen LogP contribution in [-0.2, 0) is 6.54 Å². The van der Waals surface area contributed by atoms with Crippen molar-refractivity contribution >= 4 is 11.3 Å². The zero-order valence-corrected chi connectivity index (χ0v) is 14.1. The monoisotopic (exact) mass is 302 g/mol. The lowest BCUT2D eigenvalue weighted by molar-refractivity contribution is 0.265. The lowest BCUT2D eigenvalue weighted by atomic mass is 10.0. The van der Waals surface area contributed by atoms with Crippen molar-refractivity contribution in [3.63, 3.8) is 0 Å². The third kappa shape index (κ3) is 4.95. The van der Waals surface area contributed by atoms with Gasteiger partial charge in [0.05, 0.1) is 0 Å². The highest BCUT2D eigenvalue weighted by Gasteiger charge is 2.12. The SMILES string of the molecule is CCN(CCC(NC)c1ccc(C)cc1)Cc1cccs1. The second-order valence-electron chi connectivity index (χ2n) is 5.49. The van der Waals surface area contributed by atoms with Gasteiger partial charge in [0.25, 0.3) is 0 Å². The van der Waals surface area contributed by atoms with Crippen molar-refractivity contribution in [1.82, 2.24) is 10.2 Å². The fourth-order valence-electron chi connectivity index (χ4n) is 2.56. The average molecular weight is 302 g/mol. The molecule has 0 amide bonds. The summed E-state index contributed by atoms with van der Waals surface area (Å²) in [5.41, 5.74) is 2.71. The number of aryl methyl sites for hydroxylation is 1. The molecule has 114 valence electrons. The molecule has 3 heteroatoms. The summed E-state index contributed by atoms with van der Waals surface area (Å²) < 4.78 is 0. The molecule has 1 unspecified atom stereocenters. The van der Waals surface area contributed by atoms with Crippen molar-refractivity contribution < 1.29 is 0 Å². The van der Waals surface area contributed by atoms with Crippen LogP contribution in [0, 0.1) is 6.92 Å². The first-order chi connectivity index (χ1) is 10.2. The molecule has 2 aromatic rings. The minimum absolute atomic E-state index is 0.433. The molecule has 1 atom stereocenters. The lowest BCUT2D eigenvalue weighted by Gasteiger charge is -2.23. The number of nitrogens with one attached hydrogen (secondary N) is 1. The zero-order chi connectivity index (χ0) is 15.1. The predicted molar refractivity (Wildman–Crippen MR) is 92.9 cm³/mol. The summed E-state index contributed by atoms with van der Waals surface area (Å²) in [5, 5.41) is 5.61. The Morgan fingerprint density at radius 1 is 1.19 bits per heavy atom. The molecular formula is C18H26N2S. The molecular weight excluding hydrogens is 276 g/mol. The second-order valence-corrected chi connectivity index (χ2v) is 6.52. The van der Waals surface area contributed by atoms with Gasteiger partial charge in [-0.2, -0.15) is 0 Å². The van der Waals surface area contributed by atoms with Crippen LogP contribution in [0.3, 0.4) is 0 Å². The van der Waals surface area contributed by atoms with Gasteiger partial charge in [-0.3, -0.25) is 4.90 Å². The Kier molecular flexibility index (Phi) is 6.43. The Morgan fingerprint density at radius 2 is 1.95 bits per heavy atom. The van der Waals surface area contributed by atoms with E-state index in [1.807, 2.05) is 11.3 Å². The van der Waals surface area contributed by atoms with Crippen LogP contribution in [-0.4, -0.2) is 25.0 Å². The quantitative estimate of drug-likeness (QED) is 0.785. The van der Waals surface area contributed by atoms with Gasteiger partial charge in [-0.15, -0.1) is 11.3 Å². The molecule has 1 aromatic heterocycles. The Balaban J connectivity index is 1.90. The summed E-state index contributed by atoms with van der Waals surface area (Å²) in [7, 11) is 2.06. The van der Waals surface area contributed by atoms with Crippen LogP contribution in [0.1, 0.15) is 35.4 Å². The normalized spacial score (nSPS) is 12.8. The molecule has 21 heavy (non-hydrogen) atoms. The van der Waals surface area contributed by atoms with Gasteiger partial charge >= 0.3 is 0 Å². The first-order valence-electron chi connectivity index (χ1n) is 7.71. The molecule has 0 bridgehead atoms. The molecule has 0 aliphatic carbocycles. The van der Waals surface area contributed by atoms with Gasteiger partial charge in [0.1, 0.15) is 0 Å². The maximum atomic E-state index is 3.45. The van der Waals surface area contributed by atoms with Crippen molar-refractivity contribution in [2.75, 3.05) is 20.1 Å². The van der Waals surface area contributed by atoms with Crippen molar-refractivity contribution in [1.29, 1.82) is 0 Å². The molecule has 0 spiro atoms. The van der Waals surface area contributed by atoms with E-state index in [0.29, 0.717) is 6.04 Å². The molecule has 1 aromatic carbocycles. The standard InChI is InChI=1S/C18H26N2S/c1-4-20(14-17-6-5-13-21-17)12-11-18(19-3)16-9-7-15(2)8-10-16/h5-10,13,18-19H,4,11-12,14H2,1-3H3. The van der Waals surface area contributed by atoms with E-state index >= 15 is 0 Å². The van der Waals surface area contributed by atoms with E-state index in [1.54, 1.807) is 0 Å². The van der Waals surface area contributed by atoms with Crippen molar-refractivity contribution in [3.8, 4) is 0 Å². The van der Waals surface area contributed by atoms with Gasteiger partial charge in [-0.05, 0) is 43.9 Å². The molecule has 0 aliphatic rings. The molecule has 0 saturated carbocycles. The van der Waals surface area contributed by atoms with E-state index in [1.165, 1.54) is 16.0 Å². The van der Waals surface area contributed by atoms with E-state index in [2.05, 4.69) is 72.9 Å². The summed E-state index contributed by atoms with van der Waals surface area (Å²) in [6.07, 6.45) is 1.14. The maximum absolute atomic E-state index is 3.45. The fourth-order valence-corrected chi connectivity index (χ4v) is 3.31. The molecule has 0 saturated heterocycles. The van der Waals surface area contributed by atoms with Crippen LogP contribution in [0.4, 0.5) is 0 Å². The van der Waals surface area contributed by atoms with E-state index < -0.39 is 0 Å². The molecule has 1 N–H and O–H groups in total. The van der Waals surface area contributed by atoms with Crippen LogP contribution in [0.2, 0.25) is 0 Å². The van der Waals surface area contributed by atoms with Crippen LogP contribution in [0.15, 0.2) is 41.8 Å². The first kappa shape index (κ1) is 16.2. The third-order valence-electron chi connectivity index (χ3n) is 3.97. The molecule has 1 heterocycles. The summed E-state index contributed by atoms with van der Waals surface area (Å²) >= 11 is 1.85. The molecule has 2 rings (SSSR count). The largest absolute Gasteiger partial charge is 0.313 e. The number of nitrogens with zero attached hydrogens (tertiary/aromatic N) is 1. The second kappa shape index (κ2) is 8.32. The highest BCUT2D eigenvalue weighted by atomic mass is 32.1. The van der Waals surface area contributed by atoms with Gasteiger partial charge in [-0.25, -0.2) is 0 Å². The lowest BCUT2D eigenvalue weighted by Crippen LogP contribution is -2.27. The first-order valence-corrected chi connectivity index (χ1v) is 8.59. The van der Waals surface area contributed by atoms with E-state index in [4.69, 9.17) is 0 Å². The Morgan fingerprint density at radius 3 is 2.52 bits per heavy atom. The van der Waals surface area contributed by atoms with Crippen molar-refractivity contribution in [2.45, 2.75) is 32.9 Å². The van der Waals surface area contributed by atoms with Gasteiger partial charge in [-0.1, -0.05) is 42.8 Å². The smallest absolute Gasteiger partial charge is 0.0329 e. The van der Waals surface area contributed by atoms with E-state index in [9.17, 15) is 0 Å². The molecule has 0 aliphatic heterocycles. The summed E-state index contributed by atoms with van der Waals surface area (Å²) in [4.78, 5) is 3.97. The van der Waals surface area contributed by atoms with E-state index in [0.717, 1.165) is 26.1 Å². The van der Waals surface area contributed by atoms with Gasteiger partial charge in [0, 0.05) is 24.0 Å². The summed E-state index contributed by atoms with van der Waals surface area (Å²) in [6, 6.07) is 13.7. The number of hydrogen-bond acceptors (Lipinski definition) is 3. The highest BCUT2D eigenvalue weighted by Crippen LogP contribution is 2.19. The van der Waals surface area contributed by atoms with Crippen LogP contribution >= 0.6 is 11.3 Å². The zero-order valence-electron chi connectivity index (χ0n) is 13.3. The van der Waals surface area contributed by atoms with Gasteiger partial charge < -0.3 is 5.32 Å². The van der Waals surface area contributed by atoms with Gasteiger partial charge in [0.15, 0.2) is 0 Å². The molecule has 0 fully saturated rings. The van der Waals surface area contributed by atoms with Crippen LogP contribution < -0.4 is 5.32 Å². The Labute approximate surface area is 132 Å². The van der Waals surface area contributed by atoms with E-state index in [-0.39, 0.29) is 0 Å². The fraction of sp³-hybridized carbons (Fsp3) is 0.444. The Bertz CT molecular complexity index is 505. The average Bonchev–Trinajstić information content (AvgIpc) is 3.01. The number of hydrogen-bond donors (Lipinski definition) is 1. The minimum atomic E-state index is 0.433. The number of thiophene rings is 1. The molecule has 2 nitrogen and oxygen atoms in total. The van der Waals surface area contributed by atoms with Crippen molar-refractivity contribution in [2.24, 2.45) is 0 Å². The van der Waals surface area contributed by atoms with Gasteiger partial charge in [0.2, 0.25) is 0 Å². The van der Waals surface area contributed by atoms with Crippen LogP contribution in [0.5, 0.6) is 0 Å². The topological polar surface area (TPSA) is 15.3 Å². The predicted octanol–water partition coefficient (Wildman–Crippen LogP) is 4.23. The highest BCUT2D eigenvalue weighted by molar-refractivity contribution is 7.09. The molecule has 0 radical (unpaired) electrons. The maximum Gasteiger partial charge on any atom is 0.0329 e.